The number of thiophene rings is 1. The number of carboxylic acids is 1. The normalized spacial score (nSPS) is 13.7. The first-order valence-corrected chi connectivity index (χ1v) is 9.91. The van der Waals surface area contributed by atoms with Crippen molar-refractivity contribution in [2.45, 2.75) is 18.2 Å². The molecule has 0 aliphatic carbocycles. The lowest BCUT2D eigenvalue weighted by Crippen LogP contribution is -2.28. The van der Waals surface area contributed by atoms with Crippen LogP contribution >= 0.6 is 11.3 Å². The van der Waals surface area contributed by atoms with Gasteiger partial charge in [0.15, 0.2) is 0 Å². The van der Waals surface area contributed by atoms with E-state index in [0.29, 0.717) is 23.5 Å². The van der Waals surface area contributed by atoms with Gasteiger partial charge in [0.2, 0.25) is 10.0 Å². The highest BCUT2D eigenvalue weighted by Crippen LogP contribution is 2.32. The van der Waals surface area contributed by atoms with Gasteiger partial charge in [-0.1, -0.05) is 13.0 Å². The Morgan fingerprint density at radius 1 is 1.24 bits per heavy atom. The second-order valence-corrected chi connectivity index (χ2v) is 8.32. The molecule has 3 rings (SSSR count). The first-order valence-electron chi connectivity index (χ1n) is 7.61. The SMILES string of the molecule is CCNS(=O)(=O)c1ccc2c(c1)N(C(=O)c1ccc(C(=O)O)s1)CC2. The third kappa shape index (κ3) is 3.30. The van der Waals surface area contributed by atoms with Gasteiger partial charge < -0.3 is 10.0 Å². The average molecular weight is 380 g/mol. The lowest BCUT2D eigenvalue weighted by molar-refractivity contribution is 0.0702. The summed E-state index contributed by atoms with van der Waals surface area (Å²) in [6, 6.07) is 7.60. The first kappa shape index (κ1) is 17.6. The Kier molecular flexibility index (Phi) is 4.63. The zero-order chi connectivity index (χ0) is 18.2. The van der Waals surface area contributed by atoms with Gasteiger partial charge in [-0.3, -0.25) is 4.79 Å². The Balaban J connectivity index is 1.95. The zero-order valence-electron chi connectivity index (χ0n) is 13.4. The Hall–Kier alpha value is -2.23. The zero-order valence-corrected chi connectivity index (χ0v) is 15.0. The van der Waals surface area contributed by atoms with Crippen molar-refractivity contribution in [2.75, 3.05) is 18.0 Å². The first-order chi connectivity index (χ1) is 11.8. The van der Waals surface area contributed by atoms with E-state index in [2.05, 4.69) is 4.72 Å². The molecule has 0 saturated carbocycles. The number of aromatic carboxylic acids is 1. The molecule has 7 nitrogen and oxygen atoms in total. The van der Waals surface area contributed by atoms with Crippen LogP contribution in [0.5, 0.6) is 0 Å². The molecule has 2 N–H and O–H groups in total. The number of benzene rings is 1. The minimum Gasteiger partial charge on any atom is -0.477 e. The molecule has 0 fully saturated rings. The van der Waals surface area contributed by atoms with Crippen LogP contribution in [0.25, 0.3) is 0 Å². The molecule has 0 spiro atoms. The largest absolute Gasteiger partial charge is 0.477 e. The van der Waals surface area contributed by atoms with Crippen LogP contribution < -0.4 is 9.62 Å². The van der Waals surface area contributed by atoms with Crippen LogP contribution in [0.15, 0.2) is 35.2 Å². The summed E-state index contributed by atoms with van der Waals surface area (Å²) in [5, 5.41) is 8.99. The maximum Gasteiger partial charge on any atom is 0.345 e. The fraction of sp³-hybridized carbons (Fsp3) is 0.250. The van der Waals surface area contributed by atoms with Gasteiger partial charge in [0.25, 0.3) is 5.91 Å². The number of nitrogens with zero attached hydrogens (tertiary/aromatic N) is 1. The maximum atomic E-state index is 12.7. The Bertz CT molecular complexity index is 949. The number of anilines is 1. The minimum atomic E-state index is -3.62. The van der Waals surface area contributed by atoms with E-state index in [9.17, 15) is 18.0 Å². The second-order valence-electron chi connectivity index (χ2n) is 5.47. The summed E-state index contributed by atoms with van der Waals surface area (Å²) in [6.07, 6.45) is 0.625. The van der Waals surface area contributed by atoms with Crippen LogP contribution in [0, 0.1) is 0 Å². The molecule has 25 heavy (non-hydrogen) atoms. The third-order valence-electron chi connectivity index (χ3n) is 3.87. The summed E-state index contributed by atoms with van der Waals surface area (Å²) in [5.41, 5.74) is 1.44. The molecular formula is C16H16N2O5S2. The predicted molar refractivity (Wildman–Crippen MR) is 94.0 cm³/mol. The summed E-state index contributed by atoms with van der Waals surface area (Å²) >= 11 is 0.907. The van der Waals surface area contributed by atoms with E-state index in [4.69, 9.17) is 5.11 Å². The smallest absolute Gasteiger partial charge is 0.345 e. The Morgan fingerprint density at radius 2 is 1.96 bits per heavy atom. The van der Waals surface area contributed by atoms with Crippen LogP contribution in [0.3, 0.4) is 0 Å². The molecule has 1 aliphatic rings. The van der Waals surface area contributed by atoms with E-state index in [1.54, 1.807) is 13.0 Å². The molecular weight excluding hydrogens is 364 g/mol. The highest BCUT2D eigenvalue weighted by molar-refractivity contribution is 7.89. The van der Waals surface area contributed by atoms with Crippen molar-refractivity contribution in [2.24, 2.45) is 0 Å². The third-order valence-corrected chi connectivity index (χ3v) is 6.47. The van der Waals surface area contributed by atoms with Crippen molar-refractivity contribution < 1.29 is 23.1 Å². The monoisotopic (exact) mass is 380 g/mol. The summed E-state index contributed by atoms with van der Waals surface area (Å²) < 4.78 is 26.8. The lowest BCUT2D eigenvalue weighted by Gasteiger charge is -2.17. The van der Waals surface area contributed by atoms with Gasteiger partial charge in [-0.15, -0.1) is 11.3 Å². The Morgan fingerprint density at radius 3 is 2.60 bits per heavy atom. The molecule has 2 heterocycles. The van der Waals surface area contributed by atoms with E-state index in [0.717, 1.165) is 16.9 Å². The number of nitrogens with one attached hydrogen (secondary N) is 1. The van der Waals surface area contributed by atoms with Crippen LogP contribution in [0.1, 0.15) is 31.8 Å². The molecule has 9 heteroatoms. The highest BCUT2D eigenvalue weighted by atomic mass is 32.2. The molecule has 0 unspecified atom stereocenters. The van der Waals surface area contributed by atoms with Crippen LogP contribution in [0.2, 0.25) is 0 Å². The summed E-state index contributed by atoms with van der Waals surface area (Å²) in [5.74, 6) is -1.40. The number of sulfonamides is 1. The topological polar surface area (TPSA) is 104 Å². The number of carbonyl (C=O) groups excluding carboxylic acids is 1. The lowest BCUT2D eigenvalue weighted by atomic mass is 10.2. The van der Waals surface area contributed by atoms with Crippen molar-refractivity contribution in [3.8, 4) is 0 Å². The van der Waals surface area contributed by atoms with E-state index in [-0.39, 0.29) is 22.2 Å². The summed E-state index contributed by atoms with van der Waals surface area (Å²) in [4.78, 5) is 25.7. The molecule has 0 radical (unpaired) electrons. The average Bonchev–Trinajstić information content (AvgIpc) is 3.21. The number of hydrogen-bond acceptors (Lipinski definition) is 5. The maximum absolute atomic E-state index is 12.7. The number of hydrogen-bond donors (Lipinski definition) is 2. The molecule has 2 aromatic rings. The molecule has 0 bridgehead atoms. The van der Waals surface area contributed by atoms with Crippen molar-refractivity contribution in [1.29, 1.82) is 0 Å². The highest BCUT2D eigenvalue weighted by Gasteiger charge is 2.28. The van der Waals surface area contributed by atoms with Gasteiger partial charge in [-0.25, -0.2) is 17.9 Å². The molecule has 132 valence electrons. The fourth-order valence-corrected chi connectivity index (χ4v) is 4.57. The van der Waals surface area contributed by atoms with E-state index >= 15 is 0 Å². The number of carbonyl (C=O) groups is 2. The van der Waals surface area contributed by atoms with Gasteiger partial charge in [-0.2, -0.15) is 0 Å². The number of carboxylic acid groups (broad SMARTS) is 1. The molecule has 0 saturated heterocycles. The van der Waals surface area contributed by atoms with Gasteiger partial charge in [0.05, 0.1) is 9.77 Å². The van der Waals surface area contributed by atoms with Gasteiger partial charge in [0.1, 0.15) is 4.88 Å². The van der Waals surface area contributed by atoms with E-state index < -0.39 is 16.0 Å². The van der Waals surface area contributed by atoms with Crippen molar-refractivity contribution in [3.05, 3.63) is 45.6 Å². The summed E-state index contributed by atoms with van der Waals surface area (Å²) in [6.45, 7) is 2.39. The van der Waals surface area contributed by atoms with Crippen LogP contribution in [0.4, 0.5) is 5.69 Å². The Labute approximate surface area is 149 Å². The molecule has 1 aliphatic heterocycles. The number of fused-ring (bicyclic) bond motifs is 1. The van der Waals surface area contributed by atoms with E-state index in [1.807, 2.05) is 0 Å². The quantitative estimate of drug-likeness (QED) is 0.825. The molecule has 1 aromatic heterocycles. The second kappa shape index (κ2) is 6.58. The van der Waals surface area contributed by atoms with Crippen LogP contribution in [-0.2, 0) is 16.4 Å². The molecule has 1 amide bonds. The predicted octanol–water partition coefficient (Wildman–Crippen LogP) is 1.95. The van der Waals surface area contributed by atoms with Crippen LogP contribution in [-0.4, -0.2) is 38.5 Å². The summed E-state index contributed by atoms with van der Waals surface area (Å²) in [7, 11) is -3.62. The van der Waals surface area contributed by atoms with E-state index in [1.165, 1.54) is 29.2 Å². The minimum absolute atomic E-state index is 0.0891. The van der Waals surface area contributed by atoms with Gasteiger partial charge in [-0.05, 0) is 36.2 Å². The van der Waals surface area contributed by atoms with Crippen molar-refractivity contribution in [1.82, 2.24) is 4.72 Å². The molecule has 1 aromatic carbocycles. The fourth-order valence-electron chi connectivity index (χ4n) is 2.71. The van der Waals surface area contributed by atoms with Gasteiger partial charge in [0, 0.05) is 18.8 Å². The van der Waals surface area contributed by atoms with Crippen molar-refractivity contribution in [3.63, 3.8) is 0 Å². The number of rotatable bonds is 5. The molecule has 0 atom stereocenters. The van der Waals surface area contributed by atoms with Crippen molar-refractivity contribution >= 4 is 38.9 Å². The standard InChI is InChI=1S/C16H16N2O5S2/c1-2-17-25(22,23)11-4-3-10-7-8-18(12(10)9-11)15(19)13-5-6-14(24-13)16(20)21/h3-6,9,17H,2,7-8H2,1H3,(H,20,21). The number of amides is 1. The van der Waals surface area contributed by atoms with Gasteiger partial charge >= 0.3 is 5.97 Å².